The number of rotatable bonds is 4. The van der Waals surface area contributed by atoms with Gasteiger partial charge in [-0.05, 0) is 41.4 Å². The van der Waals surface area contributed by atoms with Crippen molar-refractivity contribution >= 4 is 21.7 Å². The Labute approximate surface area is 112 Å². The zero-order valence-electron chi connectivity index (χ0n) is 10.5. The molecular formula is C13H20BrN3. The molecule has 1 unspecified atom stereocenters. The summed E-state index contributed by atoms with van der Waals surface area (Å²) in [6, 6.07) is 2.16. The highest BCUT2D eigenvalue weighted by Crippen LogP contribution is 2.28. The molecule has 1 aromatic rings. The molecule has 0 aromatic carbocycles. The van der Waals surface area contributed by atoms with Crippen LogP contribution in [0.25, 0.3) is 0 Å². The minimum atomic E-state index is 0.836. The lowest BCUT2D eigenvalue weighted by Crippen LogP contribution is -2.23. The maximum Gasteiger partial charge on any atom is 0.133 e. The van der Waals surface area contributed by atoms with Crippen molar-refractivity contribution in [2.75, 3.05) is 25.0 Å². The lowest BCUT2D eigenvalue weighted by molar-refractivity contribution is 0.568. The van der Waals surface area contributed by atoms with Crippen molar-refractivity contribution < 1.29 is 0 Å². The molecule has 1 saturated heterocycles. The van der Waals surface area contributed by atoms with Gasteiger partial charge in [0.25, 0.3) is 0 Å². The fourth-order valence-corrected chi connectivity index (χ4v) is 2.82. The smallest absolute Gasteiger partial charge is 0.133 e. The molecule has 1 aliphatic rings. The van der Waals surface area contributed by atoms with Crippen molar-refractivity contribution in [3.63, 3.8) is 0 Å². The van der Waals surface area contributed by atoms with Gasteiger partial charge in [-0.15, -0.1) is 0 Å². The molecule has 2 heterocycles. The SMILES string of the molecule is CCC1CCN(c2ncc(Br)cc2CNC)C1. The van der Waals surface area contributed by atoms with Gasteiger partial charge in [-0.1, -0.05) is 13.3 Å². The van der Waals surface area contributed by atoms with E-state index in [0.717, 1.165) is 35.8 Å². The molecule has 4 heteroatoms. The Bertz CT molecular complexity index is 381. The van der Waals surface area contributed by atoms with Gasteiger partial charge in [0.05, 0.1) is 0 Å². The van der Waals surface area contributed by atoms with Crippen LogP contribution in [0.2, 0.25) is 0 Å². The first-order valence-electron chi connectivity index (χ1n) is 6.28. The van der Waals surface area contributed by atoms with Gasteiger partial charge in [0.1, 0.15) is 5.82 Å². The van der Waals surface area contributed by atoms with Gasteiger partial charge < -0.3 is 10.2 Å². The van der Waals surface area contributed by atoms with E-state index >= 15 is 0 Å². The van der Waals surface area contributed by atoms with Crippen LogP contribution in [0.5, 0.6) is 0 Å². The molecule has 94 valence electrons. The third-order valence-electron chi connectivity index (χ3n) is 3.44. The van der Waals surface area contributed by atoms with Crippen LogP contribution in [-0.2, 0) is 6.54 Å². The summed E-state index contributed by atoms with van der Waals surface area (Å²) < 4.78 is 1.05. The first-order valence-corrected chi connectivity index (χ1v) is 7.07. The van der Waals surface area contributed by atoms with E-state index in [9.17, 15) is 0 Å². The number of hydrogen-bond acceptors (Lipinski definition) is 3. The van der Waals surface area contributed by atoms with Gasteiger partial charge in [0.15, 0.2) is 0 Å². The summed E-state index contributed by atoms with van der Waals surface area (Å²) in [5, 5.41) is 3.21. The summed E-state index contributed by atoms with van der Waals surface area (Å²) in [4.78, 5) is 7.01. The van der Waals surface area contributed by atoms with Gasteiger partial charge in [-0.25, -0.2) is 4.98 Å². The Morgan fingerprint density at radius 2 is 2.41 bits per heavy atom. The lowest BCUT2D eigenvalue weighted by atomic mass is 10.1. The van der Waals surface area contributed by atoms with Gasteiger partial charge in [-0.2, -0.15) is 0 Å². The number of nitrogens with zero attached hydrogens (tertiary/aromatic N) is 2. The Balaban J connectivity index is 2.19. The third kappa shape index (κ3) is 2.99. The highest BCUT2D eigenvalue weighted by molar-refractivity contribution is 9.10. The topological polar surface area (TPSA) is 28.2 Å². The Hall–Kier alpha value is -0.610. The summed E-state index contributed by atoms with van der Waals surface area (Å²) in [6.45, 7) is 5.44. The second-order valence-electron chi connectivity index (χ2n) is 4.68. The highest BCUT2D eigenvalue weighted by Gasteiger charge is 2.23. The second-order valence-corrected chi connectivity index (χ2v) is 5.59. The average Bonchev–Trinajstić information content (AvgIpc) is 2.78. The van der Waals surface area contributed by atoms with E-state index in [1.807, 2.05) is 13.2 Å². The van der Waals surface area contributed by atoms with E-state index in [4.69, 9.17) is 0 Å². The monoisotopic (exact) mass is 297 g/mol. The molecule has 0 saturated carbocycles. The van der Waals surface area contributed by atoms with Crippen molar-refractivity contribution in [1.82, 2.24) is 10.3 Å². The van der Waals surface area contributed by atoms with Crippen molar-refractivity contribution in [3.05, 3.63) is 22.3 Å². The van der Waals surface area contributed by atoms with E-state index in [1.165, 1.54) is 18.4 Å². The predicted molar refractivity (Wildman–Crippen MR) is 75.3 cm³/mol. The van der Waals surface area contributed by atoms with Crippen LogP contribution in [0.1, 0.15) is 25.3 Å². The minimum Gasteiger partial charge on any atom is -0.356 e. The number of hydrogen-bond donors (Lipinski definition) is 1. The maximum absolute atomic E-state index is 4.59. The fourth-order valence-electron chi connectivity index (χ4n) is 2.44. The fraction of sp³-hybridized carbons (Fsp3) is 0.615. The van der Waals surface area contributed by atoms with Gasteiger partial charge in [-0.3, -0.25) is 0 Å². The van der Waals surface area contributed by atoms with Crippen LogP contribution < -0.4 is 10.2 Å². The number of pyridine rings is 1. The van der Waals surface area contributed by atoms with Gasteiger partial charge in [0.2, 0.25) is 0 Å². The highest BCUT2D eigenvalue weighted by atomic mass is 79.9. The zero-order chi connectivity index (χ0) is 12.3. The molecule has 3 nitrogen and oxygen atoms in total. The molecule has 1 atom stereocenters. The molecule has 0 bridgehead atoms. The maximum atomic E-state index is 4.59. The summed E-state index contributed by atoms with van der Waals surface area (Å²) in [5.74, 6) is 1.99. The van der Waals surface area contributed by atoms with Crippen LogP contribution in [0.4, 0.5) is 5.82 Å². The number of halogens is 1. The summed E-state index contributed by atoms with van der Waals surface area (Å²) in [6.07, 6.45) is 4.47. The van der Waals surface area contributed by atoms with Crippen molar-refractivity contribution in [2.45, 2.75) is 26.3 Å². The Morgan fingerprint density at radius 3 is 3.06 bits per heavy atom. The number of aromatic nitrogens is 1. The van der Waals surface area contributed by atoms with Crippen LogP contribution >= 0.6 is 15.9 Å². The molecule has 1 fully saturated rings. The molecule has 1 N–H and O–H groups in total. The van der Waals surface area contributed by atoms with Crippen molar-refractivity contribution in [3.8, 4) is 0 Å². The lowest BCUT2D eigenvalue weighted by Gasteiger charge is -2.20. The average molecular weight is 298 g/mol. The minimum absolute atomic E-state index is 0.836. The molecule has 0 aliphatic carbocycles. The van der Waals surface area contributed by atoms with E-state index in [-0.39, 0.29) is 0 Å². The molecule has 0 radical (unpaired) electrons. The second kappa shape index (κ2) is 5.83. The Morgan fingerprint density at radius 1 is 1.59 bits per heavy atom. The number of nitrogens with one attached hydrogen (secondary N) is 1. The van der Waals surface area contributed by atoms with Crippen LogP contribution in [-0.4, -0.2) is 25.1 Å². The summed E-state index contributed by atoms with van der Waals surface area (Å²) in [7, 11) is 1.98. The molecular weight excluding hydrogens is 278 g/mol. The largest absolute Gasteiger partial charge is 0.356 e. The van der Waals surface area contributed by atoms with Gasteiger partial charge in [0, 0.05) is 35.9 Å². The normalized spacial score (nSPS) is 19.9. The summed E-state index contributed by atoms with van der Waals surface area (Å²) in [5.41, 5.74) is 1.28. The molecule has 0 amide bonds. The van der Waals surface area contributed by atoms with Crippen LogP contribution in [0.15, 0.2) is 16.7 Å². The zero-order valence-corrected chi connectivity index (χ0v) is 12.1. The first kappa shape index (κ1) is 12.8. The standard InChI is InChI=1S/C13H20BrN3/c1-3-10-4-5-17(9-10)13-11(7-15-2)6-12(14)8-16-13/h6,8,10,15H,3-5,7,9H2,1-2H3. The predicted octanol–water partition coefficient (Wildman–Crippen LogP) is 2.80. The van der Waals surface area contributed by atoms with Crippen molar-refractivity contribution in [2.24, 2.45) is 5.92 Å². The third-order valence-corrected chi connectivity index (χ3v) is 3.87. The quantitative estimate of drug-likeness (QED) is 0.926. The first-order chi connectivity index (χ1) is 8.24. The molecule has 1 aromatic heterocycles. The van der Waals surface area contributed by atoms with E-state index in [0.29, 0.717) is 0 Å². The van der Waals surface area contributed by atoms with E-state index < -0.39 is 0 Å². The van der Waals surface area contributed by atoms with E-state index in [2.05, 4.69) is 44.1 Å². The number of anilines is 1. The molecule has 1 aliphatic heterocycles. The van der Waals surface area contributed by atoms with Crippen LogP contribution in [0.3, 0.4) is 0 Å². The molecule has 2 rings (SSSR count). The molecule has 17 heavy (non-hydrogen) atoms. The molecule has 0 spiro atoms. The summed E-state index contributed by atoms with van der Waals surface area (Å²) >= 11 is 3.49. The Kier molecular flexibility index (Phi) is 4.40. The van der Waals surface area contributed by atoms with Crippen LogP contribution in [0, 0.1) is 5.92 Å². The van der Waals surface area contributed by atoms with Gasteiger partial charge >= 0.3 is 0 Å². The van der Waals surface area contributed by atoms with Crippen molar-refractivity contribution in [1.29, 1.82) is 0 Å². The van der Waals surface area contributed by atoms with E-state index in [1.54, 1.807) is 0 Å².